The Morgan fingerprint density at radius 1 is 0.966 bits per heavy atom. The van der Waals surface area contributed by atoms with Gasteiger partial charge in [0.2, 0.25) is 11.0 Å². The summed E-state index contributed by atoms with van der Waals surface area (Å²) in [5.74, 6) is -3.98. The molecule has 5 rings (SSSR count). The van der Waals surface area contributed by atoms with E-state index >= 15 is 0 Å². The van der Waals surface area contributed by atoms with E-state index in [1.807, 2.05) is 12.1 Å². The van der Waals surface area contributed by atoms with Crippen molar-refractivity contribution in [3.63, 3.8) is 0 Å². The van der Waals surface area contributed by atoms with E-state index in [-0.39, 0.29) is 38.1 Å². The zero-order valence-electron chi connectivity index (χ0n) is 32.9. The van der Waals surface area contributed by atoms with Crippen LogP contribution in [-0.4, -0.2) is 89.8 Å². The standard InChI is InChI=1S/C39H43Cl2N5O10S2/c1-37(2,3)54-34(50)39(7,8)56-45-25(24-29(41)57-35(43-24)44-36(51)55-38(4,5)6)30(47)42-26-31(48)46-27(23(19-40)20-58(52)32(26)46)33(49)53-28(21-15-11-9-12-16-21)22-17-13-10-14-18-22/h9-18,26,28,32H,19-20H2,1-8H3,(H,42,47)(H,43,44,51)/b45-25-/t26-,32-,58?/m1/s1. The zero-order chi connectivity index (χ0) is 42.7. The predicted octanol–water partition coefficient (Wildman–Crippen LogP) is 6.23. The summed E-state index contributed by atoms with van der Waals surface area (Å²) in [5.41, 5.74) is -2.99. The Bertz CT molecular complexity index is 2080. The Morgan fingerprint density at radius 3 is 2.07 bits per heavy atom. The number of halogens is 2. The quantitative estimate of drug-likeness (QED) is 0.0398. The van der Waals surface area contributed by atoms with Gasteiger partial charge in [-0.3, -0.25) is 19.8 Å². The van der Waals surface area contributed by atoms with Crippen molar-refractivity contribution in [3.05, 3.63) is 93.1 Å². The number of esters is 2. The molecule has 2 aliphatic rings. The van der Waals surface area contributed by atoms with Crippen LogP contribution in [-0.2, 0) is 49.4 Å². The molecule has 2 aromatic carbocycles. The van der Waals surface area contributed by atoms with Crippen molar-refractivity contribution < 1.29 is 47.6 Å². The van der Waals surface area contributed by atoms with Crippen LogP contribution in [0.25, 0.3) is 0 Å². The smallest absolute Gasteiger partial charge is 0.413 e. The Balaban J connectivity index is 1.44. The summed E-state index contributed by atoms with van der Waals surface area (Å²) in [6.45, 7) is 12.7. The number of rotatable bonds is 12. The van der Waals surface area contributed by atoms with E-state index in [2.05, 4.69) is 20.8 Å². The monoisotopic (exact) mass is 875 g/mol. The van der Waals surface area contributed by atoms with E-state index in [1.54, 1.807) is 90.1 Å². The Morgan fingerprint density at radius 2 is 1.53 bits per heavy atom. The molecular weight excluding hydrogens is 833 g/mol. The van der Waals surface area contributed by atoms with Gasteiger partial charge in [-0.2, -0.15) is 0 Å². The third kappa shape index (κ3) is 10.5. The molecule has 310 valence electrons. The Hall–Kier alpha value is -4.68. The zero-order valence-corrected chi connectivity index (χ0v) is 36.1. The van der Waals surface area contributed by atoms with Crippen LogP contribution in [0, 0.1) is 0 Å². The lowest BCUT2D eigenvalue weighted by Gasteiger charge is -2.49. The minimum absolute atomic E-state index is 0.0772. The van der Waals surface area contributed by atoms with Crippen molar-refractivity contribution in [2.45, 2.75) is 89.7 Å². The number of aromatic nitrogens is 1. The highest BCUT2D eigenvalue weighted by Crippen LogP contribution is 2.39. The highest BCUT2D eigenvalue weighted by molar-refractivity contribution is 7.92. The fraction of sp³-hybridized carbons (Fsp3) is 0.410. The molecule has 3 atom stereocenters. The van der Waals surface area contributed by atoms with Crippen molar-refractivity contribution in [1.29, 1.82) is 0 Å². The predicted molar refractivity (Wildman–Crippen MR) is 219 cm³/mol. The largest absolute Gasteiger partial charge is 0.614 e. The normalized spacial score (nSPS) is 18.6. The van der Waals surface area contributed by atoms with Crippen molar-refractivity contribution in [2.24, 2.45) is 5.16 Å². The fourth-order valence-corrected chi connectivity index (χ4v) is 8.63. The third-order valence-electron chi connectivity index (χ3n) is 8.16. The second-order valence-electron chi connectivity index (χ2n) is 15.6. The molecule has 19 heteroatoms. The van der Waals surface area contributed by atoms with Crippen molar-refractivity contribution in [2.75, 3.05) is 16.9 Å². The number of fused-ring (bicyclic) bond motifs is 1. The van der Waals surface area contributed by atoms with Crippen LogP contribution in [0.3, 0.4) is 0 Å². The fourth-order valence-electron chi connectivity index (χ4n) is 5.58. The van der Waals surface area contributed by atoms with Gasteiger partial charge in [0, 0.05) is 5.57 Å². The average Bonchev–Trinajstić information content (AvgIpc) is 3.49. The second kappa shape index (κ2) is 17.7. The minimum atomic E-state index is -1.85. The molecule has 2 aliphatic heterocycles. The number of β-lactam (4-membered cyclic amide) rings is 1. The highest BCUT2D eigenvalue weighted by Gasteiger charge is 2.61. The van der Waals surface area contributed by atoms with Gasteiger partial charge in [-0.25, -0.2) is 19.4 Å². The van der Waals surface area contributed by atoms with Crippen molar-refractivity contribution >= 4 is 86.4 Å². The summed E-state index contributed by atoms with van der Waals surface area (Å²) in [6, 6.07) is 16.6. The van der Waals surface area contributed by atoms with Gasteiger partial charge in [-0.1, -0.05) is 88.8 Å². The maximum atomic E-state index is 14.1. The minimum Gasteiger partial charge on any atom is -0.614 e. The number of benzene rings is 2. The number of anilines is 1. The number of nitrogens with zero attached hydrogens (tertiary/aromatic N) is 3. The molecule has 3 amide bonds. The van der Waals surface area contributed by atoms with Crippen LogP contribution in [0.4, 0.5) is 9.93 Å². The van der Waals surface area contributed by atoms with E-state index in [0.29, 0.717) is 11.1 Å². The topological polar surface area (TPSA) is 198 Å². The summed E-state index contributed by atoms with van der Waals surface area (Å²) in [4.78, 5) is 78.4. The lowest BCUT2D eigenvalue weighted by Crippen LogP contribution is -2.75. The molecule has 0 radical (unpaired) electrons. The van der Waals surface area contributed by atoms with Crippen LogP contribution in [0.2, 0.25) is 4.34 Å². The first-order valence-electron chi connectivity index (χ1n) is 17.9. The molecule has 3 aromatic rings. The number of nitrogens with one attached hydrogen (secondary N) is 2. The van der Waals surface area contributed by atoms with Gasteiger partial charge in [-0.15, -0.1) is 11.6 Å². The van der Waals surface area contributed by atoms with Gasteiger partial charge in [0.25, 0.3) is 11.8 Å². The van der Waals surface area contributed by atoms with Gasteiger partial charge < -0.3 is 28.9 Å². The number of alkyl halides is 1. The van der Waals surface area contributed by atoms with Gasteiger partial charge in [0.15, 0.2) is 23.0 Å². The number of oxime groups is 1. The Kier molecular flexibility index (Phi) is 13.5. The maximum absolute atomic E-state index is 14.1. The van der Waals surface area contributed by atoms with Crippen LogP contribution in [0.1, 0.15) is 78.3 Å². The number of amides is 3. The summed E-state index contributed by atoms with van der Waals surface area (Å²) in [6.07, 6.45) is -1.72. The highest BCUT2D eigenvalue weighted by atomic mass is 35.5. The van der Waals surface area contributed by atoms with E-state index in [0.717, 1.165) is 16.2 Å². The third-order valence-corrected chi connectivity index (χ3v) is 11.3. The van der Waals surface area contributed by atoms with Crippen LogP contribution in [0.5, 0.6) is 0 Å². The molecule has 0 bridgehead atoms. The first-order chi connectivity index (χ1) is 27.1. The SMILES string of the molecule is CC(C)(C)OC(=O)Nc1nc(/C(=N/OC(C)(C)C(=O)OC(C)(C)C)C(=O)N[C@@H]2C(=O)N3C(C(=O)OC(c4ccccc4)c4ccccc4)=C(CCl)C[S+]([O-])[C@H]23)c(Cl)s1. The van der Waals surface area contributed by atoms with Gasteiger partial charge in [0.1, 0.15) is 32.7 Å². The number of ether oxygens (including phenoxy) is 3. The number of carbonyl (C=O) groups excluding carboxylic acids is 5. The molecule has 15 nitrogen and oxygen atoms in total. The lowest BCUT2D eigenvalue weighted by atomic mass is 10.0. The van der Waals surface area contributed by atoms with Gasteiger partial charge >= 0.3 is 18.0 Å². The molecule has 0 aliphatic carbocycles. The molecule has 0 saturated carbocycles. The molecule has 0 spiro atoms. The summed E-state index contributed by atoms with van der Waals surface area (Å²) in [7, 11) is 0. The number of thiazole rings is 1. The van der Waals surface area contributed by atoms with E-state index in [4.69, 9.17) is 42.3 Å². The van der Waals surface area contributed by atoms with Gasteiger partial charge in [-0.05, 0) is 77.7 Å². The molecule has 2 N–H and O–H groups in total. The van der Waals surface area contributed by atoms with E-state index in [1.165, 1.54) is 13.8 Å². The van der Waals surface area contributed by atoms with E-state index in [9.17, 15) is 28.5 Å². The van der Waals surface area contributed by atoms with Gasteiger partial charge in [0.05, 0.1) is 5.88 Å². The molecule has 1 unspecified atom stereocenters. The van der Waals surface area contributed by atoms with Crippen molar-refractivity contribution in [3.8, 4) is 0 Å². The maximum Gasteiger partial charge on any atom is 0.413 e. The van der Waals surface area contributed by atoms with Crippen LogP contribution >= 0.6 is 34.5 Å². The number of hydrogen-bond donors (Lipinski definition) is 2. The average molecular weight is 877 g/mol. The summed E-state index contributed by atoms with van der Waals surface area (Å²) in [5, 5.41) is 7.64. The van der Waals surface area contributed by atoms with Crippen molar-refractivity contribution in [1.82, 2.24) is 15.2 Å². The second-order valence-corrected chi connectivity index (χ2v) is 19.0. The molecule has 1 saturated heterocycles. The molecule has 58 heavy (non-hydrogen) atoms. The molecule has 1 fully saturated rings. The van der Waals surface area contributed by atoms with Crippen LogP contribution < -0.4 is 10.6 Å². The number of carbonyl (C=O) groups is 5. The lowest BCUT2D eigenvalue weighted by molar-refractivity contribution is -0.179. The molecular formula is C39H43Cl2N5O10S2. The Labute approximate surface area is 352 Å². The molecule has 3 heterocycles. The number of hydrogen-bond acceptors (Lipinski definition) is 13. The first-order valence-corrected chi connectivity index (χ1v) is 21.0. The molecule has 1 aromatic heterocycles. The van der Waals surface area contributed by atoms with E-state index < -0.39 is 81.1 Å². The summed E-state index contributed by atoms with van der Waals surface area (Å²) < 4.78 is 30.3. The summed E-state index contributed by atoms with van der Waals surface area (Å²) >= 11 is 11.7. The van der Waals surface area contributed by atoms with Crippen LogP contribution in [0.15, 0.2) is 77.1 Å². The first kappa shape index (κ1) is 44.4.